The van der Waals surface area contributed by atoms with Gasteiger partial charge >= 0.3 is 12.1 Å². The van der Waals surface area contributed by atoms with Gasteiger partial charge in [0.15, 0.2) is 11.5 Å². The Morgan fingerprint density at radius 2 is 1.85 bits per heavy atom. The maximum atomic E-state index is 12.8. The molecule has 1 N–H and O–H groups in total. The van der Waals surface area contributed by atoms with E-state index in [1.54, 1.807) is 11.8 Å². The highest BCUT2D eigenvalue weighted by atomic mass is 32.2. The van der Waals surface area contributed by atoms with Crippen LogP contribution in [0.25, 0.3) is 21.7 Å². The molecule has 0 bridgehead atoms. The average molecular weight is 493 g/mol. The summed E-state index contributed by atoms with van der Waals surface area (Å²) in [5.74, 6) is 0.0903. The van der Waals surface area contributed by atoms with Crippen LogP contribution in [0.2, 0.25) is 0 Å². The molecule has 0 aliphatic rings. The quantitative estimate of drug-likeness (QED) is 0.283. The van der Waals surface area contributed by atoms with Crippen LogP contribution in [-0.2, 0) is 23.1 Å². The molecule has 5 nitrogen and oxygen atoms in total. The molecule has 0 amide bonds. The van der Waals surface area contributed by atoms with Gasteiger partial charge in [-0.2, -0.15) is 13.2 Å². The summed E-state index contributed by atoms with van der Waals surface area (Å²) in [7, 11) is 0. The lowest BCUT2D eigenvalue weighted by Crippen LogP contribution is -2.03. The predicted octanol–water partition coefficient (Wildman–Crippen LogP) is 6.90. The van der Waals surface area contributed by atoms with Crippen molar-refractivity contribution in [3.63, 3.8) is 0 Å². The van der Waals surface area contributed by atoms with Gasteiger partial charge < -0.3 is 9.52 Å². The van der Waals surface area contributed by atoms with Gasteiger partial charge in [-0.05, 0) is 37.6 Å². The third-order valence-electron chi connectivity index (χ3n) is 5.01. The summed E-state index contributed by atoms with van der Waals surface area (Å²) >= 11 is 3.03. The molecule has 0 aliphatic carbocycles. The van der Waals surface area contributed by atoms with Crippen LogP contribution in [-0.4, -0.2) is 21.0 Å². The zero-order valence-corrected chi connectivity index (χ0v) is 19.3. The van der Waals surface area contributed by atoms with E-state index in [2.05, 4.69) is 9.97 Å². The van der Waals surface area contributed by atoms with E-state index >= 15 is 0 Å². The van der Waals surface area contributed by atoms with Gasteiger partial charge in [-0.1, -0.05) is 18.2 Å². The molecule has 172 valence electrons. The molecule has 4 aromatic rings. The zero-order chi connectivity index (χ0) is 23.8. The summed E-state index contributed by atoms with van der Waals surface area (Å²) in [5.41, 5.74) is 3.12. The van der Waals surface area contributed by atoms with Crippen molar-refractivity contribution in [3.8, 4) is 10.6 Å². The van der Waals surface area contributed by atoms with Crippen LogP contribution >= 0.6 is 23.1 Å². The van der Waals surface area contributed by atoms with Crippen molar-refractivity contribution in [3.05, 3.63) is 64.0 Å². The predicted molar refractivity (Wildman–Crippen MR) is 122 cm³/mol. The molecule has 0 saturated heterocycles. The normalized spacial score (nSPS) is 11.9. The van der Waals surface area contributed by atoms with E-state index in [1.807, 2.05) is 26.0 Å². The van der Waals surface area contributed by atoms with Gasteiger partial charge in [0.1, 0.15) is 10.5 Å². The minimum absolute atomic E-state index is 0.0545. The lowest BCUT2D eigenvalue weighted by atomic mass is 10.1. The Morgan fingerprint density at radius 3 is 2.52 bits per heavy atom. The molecule has 0 aliphatic heterocycles. The lowest BCUT2D eigenvalue weighted by Gasteiger charge is -2.06. The summed E-state index contributed by atoms with van der Waals surface area (Å²) in [6.07, 6.45) is -4.20. The Kier molecular flexibility index (Phi) is 6.49. The number of hydrogen-bond acceptors (Lipinski definition) is 6. The van der Waals surface area contributed by atoms with Crippen molar-refractivity contribution >= 4 is 40.2 Å². The Balaban J connectivity index is 1.54. The Labute approximate surface area is 195 Å². The molecule has 2 aromatic heterocycles. The minimum Gasteiger partial charge on any atom is -0.481 e. The topological polar surface area (TPSA) is 76.2 Å². The highest BCUT2D eigenvalue weighted by Gasteiger charge is 2.30. The number of benzene rings is 2. The number of hydrogen-bond donors (Lipinski definition) is 1. The molecule has 4 rings (SSSR count). The Hall–Kier alpha value is -2.85. The van der Waals surface area contributed by atoms with E-state index in [1.165, 1.54) is 23.5 Å². The first-order valence-electron chi connectivity index (χ1n) is 9.99. The van der Waals surface area contributed by atoms with Crippen molar-refractivity contribution in [1.82, 2.24) is 9.97 Å². The zero-order valence-electron chi connectivity index (χ0n) is 17.7. The van der Waals surface area contributed by atoms with Gasteiger partial charge in [-0.25, -0.2) is 9.97 Å². The van der Waals surface area contributed by atoms with Gasteiger partial charge in [0, 0.05) is 27.5 Å². The molecule has 2 aromatic carbocycles. The van der Waals surface area contributed by atoms with E-state index in [0.29, 0.717) is 33.3 Å². The van der Waals surface area contributed by atoms with Crippen LogP contribution in [0.15, 0.2) is 45.7 Å². The van der Waals surface area contributed by atoms with Crippen LogP contribution < -0.4 is 0 Å². The highest BCUT2D eigenvalue weighted by molar-refractivity contribution is 7.99. The molecule has 0 saturated carbocycles. The smallest absolute Gasteiger partial charge is 0.416 e. The molecule has 0 radical (unpaired) electrons. The number of thioether (sulfide) groups is 1. The molecule has 2 heterocycles. The first kappa shape index (κ1) is 23.3. The number of thiazole rings is 1. The second-order valence-electron chi connectivity index (χ2n) is 7.45. The van der Waals surface area contributed by atoms with E-state index in [4.69, 9.17) is 9.52 Å². The maximum Gasteiger partial charge on any atom is 0.416 e. The summed E-state index contributed by atoms with van der Waals surface area (Å²) in [6, 6.07) is 8.78. The standard InChI is InChI=1S/C23H19F3N2O3S2/c1-12-3-8-16-20(28-18(31-16)9-10-19(29)30)21(12)32-11-17-13(2)27-22(33-17)14-4-6-15(7-5-14)23(24,25)26/h3-8H,9-11H2,1-2H3,(H,29,30). The lowest BCUT2D eigenvalue weighted by molar-refractivity contribution is -0.138. The van der Waals surface area contributed by atoms with Gasteiger partial charge in [0.05, 0.1) is 17.7 Å². The van der Waals surface area contributed by atoms with E-state index in [-0.39, 0.29) is 12.8 Å². The number of carbonyl (C=O) groups is 1. The van der Waals surface area contributed by atoms with E-state index in [9.17, 15) is 18.0 Å². The molecule has 0 spiro atoms. The van der Waals surface area contributed by atoms with Crippen molar-refractivity contribution in [1.29, 1.82) is 0 Å². The van der Waals surface area contributed by atoms with Crippen molar-refractivity contribution < 1.29 is 27.5 Å². The number of oxazole rings is 1. The Morgan fingerprint density at radius 1 is 1.12 bits per heavy atom. The number of aliphatic carboxylic acids is 1. The van der Waals surface area contributed by atoms with Crippen LogP contribution in [0.1, 0.15) is 34.0 Å². The molecule has 0 atom stereocenters. The van der Waals surface area contributed by atoms with Crippen molar-refractivity contribution in [2.45, 2.75) is 43.5 Å². The third-order valence-corrected chi connectivity index (χ3v) is 7.63. The van der Waals surface area contributed by atoms with Crippen LogP contribution in [0.4, 0.5) is 13.2 Å². The van der Waals surface area contributed by atoms with E-state index < -0.39 is 17.7 Å². The van der Waals surface area contributed by atoms with Gasteiger partial charge in [0.25, 0.3) is 0 Å². The van der Waals surface area contributed by atoms with Gasteiger partial charge in [0.2, 0.25) is 0 Å². The molecule has 33 heavy (non-hydrogen) atoms. The number of aromatic nitrogens is 2. The van der Waals surface area contributed by atoms with Crippen LogP contribution in [0, 0.1) is 13.8 Å². The Bertz CT molecular complexity index is 1310. The monoisotopic (exact) mass is 492 g/mol. The van der Waals surface area contributed by atoms with Crippen molar-refractivity contribution in [2.75, 3.05) is 0 Å². The average Bonchev–Trinajstić information content (AvgIpc) is 3.34. The highest BCUT2D eigenvalue weighted by Crippen LogP contribution is 2.38. The molecule has 10 heteroatoms. The number of halogens is 3. The first-order chi connectivity index (χ1) is 15.6. The minimum atomic E-state index is -4.37. The fraction of sp³-hybridized carbons (Fsp3) is 0.261. The SMILES string of the molecule is Cc1ccc2oc(CCC(=O)O)nc2c1SCc1sc(-c2ccc(C(F)(F)F)cc2)nc1C. The molecule has 0 fully saturated rings. The molecular weight excluding hydrogens is 473 g/mol. The van der Waals surface area contributed by atoms with Gasteiger partial charge in [-0.15, -0.1) is 23.1 Å². The molecule has 0 unspecified atom stereocenters. The largest absolute Gasteiger partial charge is 0.481 e. The maximum absolute atomic E-state index is 12.8. The van der Waals surface area contributed by atoms with Crippen LogP contribution in [0.3, 0.4) is 0 Å². The first-order valence-corrected chi connectivity index (χ1v) is 11.8. The van der Waals surface area contributed by atoms with E-state index in [0.717, 1.165) is 33.2 Å². The number of alkyl halides is 3. The number of carboxylic acid groups (broad SMARTS) is 1. The second-order valence-corrected chi connectivity index (χ2v) is 9.52. The van der Waals surface area contributed by atoms with Crippen LogP contribution in [0.5, 0.6) is 0 Å². The molecular formula is C23H19F3N2O3S2. The summed E-state index contributed by atoms with van der Waals surface area (Å²) in [4.78, 5) is 21.9. The fourth-order valence-corrected chi connectivity index (χ4v) is 5.58. The number of rotatable bonds is 7. The van der Waals surface area contributed by atoms with Crippen molar-refractivity contribution in [2.24, 2.45) is 0 Å². The summed E-state index contributed by atoms with van der Waals surface area (Å²) < 4.78 is 44.2. The summed E-state index contributed by atoms with van der Waals surface area (Å²) in [5, 5.41) is 9.56. The fourth-order valence-electron chi connectivity index (χ4n) is 3.24. The number of fused-ring (bicyclic) bond motifs is 1. The summed E-state index contributed by atoms with van der Waals surface area (Å²) in [6.45, 7) is 3.86. The third kappa shape index (κ3) is 5.22. The van der Waals surface area contributed by atoms with Gasteiger partial charge in [-0.3, -0.25) is 4.79 Å². The number of aryl methyl sites for hydroxylation is 3. The number of carboxylic acids is 1. The number of nitrogens with zero attached hydrogens (tertiary/aromatic N) is 2. The second kappa shape index (κ2) is 9.18.